The van der Waals surface area contributed by atoms with Gasteiger partial charge in [-0.1, -0.05) is 12.1 Å². The fourth-order valence-corrected chi connectivity index (χ4v) is 2.78. The molecule has 2 saturated heterocycles. The Hall–Kier alpha value is -2.32. The topological polar surface area (TPSA) is 89.1 Å². The number of carbonyl (C=O) groups excluding carboxylic acids is 2. The first-order valence-corrected chi connectivity index (χ1v) is 8.41. The Morgan fingerprint density at radius 2 is 2.24 bits per heavy atom. The molecule has 3 amide bonds. The quantitative estimate of drug-likeness (QED) is 0.839. The van der Waals surface area contributed by atoms with Crippen molar-refractivity contribution < 1.29 is 23.8 Å². The van der Waals surface area contributed by atoms with Gasteiger partial charge in [0.25, 0.3) is 0 Å². The number of hydrogen-bond acceptors (Lipinski definition) is 5. The van der Waals surface area contributed by atoms with Crippen LogP contribution in [0.4, 0.5) is 15.3 Å². The maximum atomic E-state index is 12.1. The van der Waals surface area contributed by atoms with E-state index in [1.807, 2.05) is 31.2 Å². The Balaban J connectivity index is 1.52. The summed E-state index contributed by atoms with van der Waals surface area (Å²) >= 11 is 0. The molecule has 25 heavy (non-hydrogen) atoms. The fourth-order valence-electron chi connectivity index (χ4n) is 2.78. The number of hydrogen-bond donors (Lipinski definition) is 2. The highest BCUT2D eigenvalue weighted by molar-refractivity contribution is 5.89. The molecule has 2 fully saturated rings. The van der Waals surface area contributed by atoms with Crippen LogP contribution in [0.3, 0.4) is 0 Å². The number of nitrogens with zero attached hydrogens (tertiary/aromatic N) is 1. The molecule has 1 aromatic carbocycles. The predicted octanol–water partition coefficient (Wildman–Crippen LogP) is 1.42. The predicted molar refractivity (Wildman–Crippen MR) is 90.6 cm³/mol. The standard InChI is InChI=1S/C17H23N3O5/c1-12(19-16(21)18-10-15-11-23-7-8-24-15)13-3-2-4-14(9-13)20-5-6-25-17(20)22/h2-4,9,12,15H,5-8,10-11H2,1H3,(H2,18,19,21). The molecule has 2 unspecified atom stereocenters. The third-order valence-corrected chi connectivity index (χ3v) is 4.17. The van der Waals surface area contributed by atoms with E-state index in [1.165, 1.54) is 0 Å². The zero-order valence-electron chi connectivity index (χ0n) is 14.2. The average molecular weight is 349 g/mol. The summed E-state index contributed by atoms with van der Waals surface area (Å²) in [5, 5.41) is 5.67. The third-order valence-electron chi connectivity index (χ3n) is 4.17. The number of anilines is 1. The normalized spacial score (nSPS) is 21.6. The molecule has 2 atom stereocenters. The van der Waals surface area contributed by atoms with Crippen LogP contribution in [0.1, 0.15) is 18.5 Å². The summed E-state index contributed by atoms with van der Waals surface area (Å²) in [6.07, 6.45) is -0.454. The maximum absolute atomic E-state index is 12.1. The zero-order chi connectivity index (χ0) is 17.6. The van der Waals surface area contributed by atoms with Crippen LogP contribution in [-0.2, 0) is 14.2 Å². The molecule has 0 aliphatic carbocycles. The number of nitrogens with one attached hydrogen (secondary N) is 2. The Morgan fingerprint density at radius 3 is 2.96 bits per heavy atom. The van der Waals surface area contributed by atoms with Crippen molar-refractivity contribution in [3.8, 4) is 0 Å². The number of benzene rings is 1. The highest BCUT2D eigenvalue weighted by Gasteiger charge is 2.24. The van der Waals surface area contributed by atoms with Gasteiger partial charge in [-0.2, -0.15) is 0 Å². The molecule has 0 saturated carbocycles. The molecular formula is C17H23N3O5. The summed E-state index contributed by atoms with van der Waals surface area (Å²) in [4.78, 5) is 25.3. The van der Waals surface area contributed by atoms with Gasteiger partial charge in [0.1, 0.15) is 6.61 Å². The van der Waals surface area contributed by atoms with E-state index in [4.69, 9.17) is 14.2 Å². The number of amides is 3. The first-order chi connectivity index (χ1) is 12.1. The van der Waals surface area contributed by atoms with Crippen molar-refractivity contribution in [2.75, 3.05) is 44.4 Å². The molecule has 0 aromatic heterocycles. The van der Waals surface area contributed by atoms with Gasteiger partial charge in [-0.3, -0.25) is 4.90 Å². The molecule has 0 spiro atoms. The molecule has 8 nitrogen and oxygen atoms in total. The monoisotopic (exact) mass is 349 g/mol. The van der Waals surface area contributed by atoms with Gasteiger partial charge in [-0.25, -0.2) is 9.59 Å². The van der Waals surface area contributed by atoms with Gasteiger partial charge in [-0.15, -0.1) is 0 Å². The van der Waals surface area contributed by atoms with E-state index in [9.17, 15) is 9.59 Å². The van der Waals surface area contributed by atoms with E-state index in [2.05, 4.69) is 10.6 Å². The maximum Gasteiger partial charge on any atom is 0.414 e. The van der Waals surface area contributed by atoms with Crippen molar-refractivity contribution in [2.45, 2.75) is 19.1 Å². The number of cyclic esters (lactones) is 1. The van der Waals surface area contributed by atoms with Crippen molar-refractivity contribution in [3.63, 3.8) is 0 Å². The van der Waals surface area contributed by atoms with E-state index < -0.39 is 0 Å². The van der Waals surface area contributed by atoms with Crippen LogP contribution in [0.25, 0.3) is 0 Å². The van der Waals surface area contributed by atoms with Crippen molar-refractivity contribution in [1.82, 2.24) is 10.6 Å². The summed E-state index contributed by atoms with van der Waals surface area (Å²) in [5.74, 6) is 0. The largest absolute Gasteiger partial charge is 0.447 e. The van der Waals surface area contributed by atoms with Crippen LogP contribution in [0, 0.1) is 0 Å². The lowest BCUT2D eigenvalue weighted by Gasteiger charge is -2.24. The minimum atomic E-state index is -0.342. The molecule has 136 valence electrons. The molecule has 2 heterocycles. The van der Waals surface area contributed by atoms with E-state index in [-0.39, 0.29) is 24.3 Å². The van der Waals surface area contributed by atoms with Crippen LogP contribution in [0.2, 0.25) is 0 Å². The van der Waals surface area contributed by atoms with E-state index in [1.54, 1.807) is 4.90 Å². The van der Waals surface area contributed by atoms with Crippen LogP contribution < -0.4 is 15.5 Å². The molecule has 2 N–H and O–H groups in total. The van der Waals surface area contributed by atoms with Gasteiger partial charge in [-0.05, 0) is 24.6 Å². The van der Waals surface area contributed by atoms with Crippen LogP contribution in [-0.4, -0.2) is 57.7 Å². The summed E-state index contributed by atoms with van der Waals surface area (Å²) in [5.41, 5.74) is 1.67. The van der Waals surface area contributed by atoms with E-state index in [0.29, 0.717) is 39.5 Å². The average Bonchev–Trinajstić information content (AvgIpc) is 3.07. The van der Waals surface area contributed by atoms with Crippen LogP contribution in [0.5, 0.6) is 0 Å². The summed E-state index contributed by atoms with van der Waals surface area (Å²) < 4.78 is 15.7. The van der Waals surface area contributed by atoms with Crippen molar-refractivity contribution in [2.24, 2.45) is 0 Å². The number of carbonyl (C=O) groups is 2. The second kappa shape index (κ2) is 8.17. The van der Waals surface area contributed by atoms with Gasteiger partial charge in [0.05, 0.1) is 38.5 Å². The van der Waals surface area contributed by atoms with Gasteiger partial charge in [0.15, 0.2) is 0 Å². The van der Waals surface area contributed by atoms with Crippen molar-refractivity contribution >= 4 is 17.8 Å². The lowest BCUT2D eigenvalue weighted by Crippen LogP contribution is -2.44. The minimum Gasteiger partial charge on any atom is -0.447 e. The van der Waals surface area contributed by atoms with Crippen molar-refractivity contribution in [1.29, 1.82) is 0 Å². The Bertz CT molecular complexity index is 618. The molecular weight excluding hydrogens is 326 g/mol. The Kier molecular flexibility index (Phi) is 5.72. The molecule has 0 radical (unpaired) electrons. The van der Waals surface area contributed by atoms with Crippen molar-refractivity contribution in [3.05, 3.63) is 29.8 Å². The molecule has 0 bridgehead atoms. The Labute approximate surface area is 146 Å². The molecule has 2 aliphatic rings. The lowest BCUT2D eigenvalue weighted by molar-refractivity contribution is -0.0853. The number of rotatable bonds is 5. The smallest absolute Gasteiger partial charge is 0.414 e. The van der Waals surface area contributed by atoms with E-state index in [0.717, 1.165) is 11.3 Å². The number of ether oxygens (including phenoxy) is 3. The lowest BCUT2D eigenvalue weighted by atomic mass is 10.1. The van der Waals surface area contributed by atoms with Crippen LogP contribution >= 0.6 is 0 Å². The first kappa shape index (κ1) is 17.5. The second-order valence-corrected chi connectivity index (χ2v) is 6.00. The summed E-state index contributed by atoms with van der Waals surface area (Å²) in [7, 11) is 0. The van der Waals surface area contributed by atoms with Crippen LogP contribution in [0.15, 0.2) is 24.3 Å². The summed E-state index contributed by atoms with van der Waals surface area (Å²) in [6, 6.07) is 7.03. The summed E-state index contributed by atoms with van der Waals surface area (Å²) in [6.45, 7) is 4.86. The minimum absolute atomic E-state index is 0.112. The van der Waals surface area contributed by atoms with Gasteiger partial charge in [0, 0.05) is 12.2 Å². The zero-order valence-corrected chi connectivity index (χ0v) is 14.2. The number of urea groups is 1. The fraction of sp³-hybridized carbons (Fsp3) is 0.529. The van der Waals surface area contributed by atoms with Gasteiger partial charge in [0.2, 0.25) is 0 Å². The SMILES string of the molecule is CC(NC(=O)NCC1COCCO1)c1cccc(N2CCOC2=O)c1. The van der Waals surface area contributed by atoms with Gasteiger partial charge < -0.3 is 24.8 Å². The molecule has 3 rings (SSSR count). The highest BCUT2D eigenvalue weighted by atomic mass is 16.6. The third kappa shape index (κ3) is 4.61. The molecule has 1 aromatic rings. The first-order valence-electron chi connectivity index (χ1n) is 8.41. The van der Waals surface area contributed by atoms with Gasteiger partial charge >= 0.3 is 12.1 Å². The molecule has 8 heteroatoms. The second-order valence-electron chi connectivity index (χ2n) is 6.00. The Morgan fingerprint density at radius 1 is 1.36 bits per heavy atom. The highest BCUT2D eigenvalue weighted by Crippen LogP contribution is 2.23. The molecule has 2 aliphatic heterocycles. The van der Waals surface area contributed by atoms with E-state index >= 15 is 0 Å².